The number of aryl methyl sites for hydroxylation is 1. The van der Waals surface area contributed by atoms with Crippen molar-refractivity contribution in [3.8, 4) is 5.75 Å². The first-order valence-electron chi connectivity index (χ1n) is 7.66. The summed E-state index contributed by atoms with van der Waals surface area (Å²) in [5.74, 6) is 0.969. The standard InChI is InChI=1S/C19H25NO/c1-5-21-19-9-7-6-8-18(19)16(4)20-15(3)17-12-10-14(2)11-13-17/h6-13,15-16,20H,5H2,1-4H3/t15-,16?/m0/s1. The molecule has 0 amide bonds. The lowest BCUT2D eigenvalue weighted by Gasteiger charge is -2.22. The maximum absolute atomic E-state index is 5.72. The average Bonchev–Trinajstić information content (AvgIpc) is 2.48. The number of para-hydroxylation sites is 1. The molecule has 0 aliphatic heterocycles. The highest BCUT2D eigenvalue weighted by atomic mass is 16.5. The Morgan fingerprint density at radius 3 is 2.29 bits per heavy atom. The monoisotopic (exact) mass is 283 g/mol. The summed E-state index contributed by atoms with van der Waals surface area (Å²) in [5, 5.41) is 3.65. The minimum atomic E-state index is 0.240. The van der Waals surface area contributed by atoms with E-state index in [-0.39, 0.29) is 6.04 Å². The van der Waals surface area contributed by atoms with Gasteiger partial charge in [0.1, 0.15) is 5.75 Å². The third-order valence-corrected chi connectivity index (χ3v) is 3.76. The Morgan fingerprint density at radius 2 is 1.62 bits per heavy atom. The third kappa shape index (κ3) is 4.08. The number of benzene rings is 2. The minimum Gasteiger partial charge on any atom is -0.494 e. The lowest BCUT2D eigenvalue weighted by atomic mass is 10.0. The molecule has 2 nitrogen and oxygen atoms in total. The molecule has 21 heavy (non-hydrogen) atoms. The molecular formula is C19H25NO. The van der Waals surface area contributed by atoms with Crippen molar-refractivity contribution in [2.75, 3.05) is 6.61 Å². The number of ether oxygens (including phenoxy) is 1. The van der Waals surface area contributed by atoms with Crippen molar-refractivity contribution in [2.24, 2.45) is 0 Å². The highest BCUT2D eigenvalue weighted by Crippen LogP contribution is 2.27. The molecule has 0 saturated heterocycles. The van der Waals surface area contributed by atoms with Gasteiger partial charge in [-0.05, 0) is 39.3 Å². The quantitative estimate of drug-likeness (QED) is 0.821. The predicted molar refractivity (Wildman–Crippen MR) is 88.8 cm³/mol. The van der Waals surface area contributed by atoms with E-state index in [0.29, 0.717) is 12.6 Å². The van der Waals surface area contributed by atoms with Crippen molar-refractivity contribution in [1.29, 1.82) is 0 Å². The molecule has 0 spiro atoms. The maximum Gasteiger partial charge on any atom is 0.124 e. The summed E-state index contributed by atoms with van der Waals surface area (Å²) < 4.78 is 5.72. The molecule has 0 radical (unpaired) electrons. The molecule has 0 aromatic heterocycles. The molecular weight excluding hydrogens is 258 g/mol. The Labute approximate surface area is 128 Å². The van der Waals surface area contributed by atoms with E-state index < -0.39 is 0 Å². The molecule has 0 saturated carbocycles. The SMILES string of the molecule is CCOc1ccccc1C(C)N[C@@H](C)c1ccc(C)cc1. The molecule has 0 aliphatic carbocycles. The summed E-state index contributed by atoms with van der Waals surface area (Å²) in [5.41, 5.74) is 3.81. The molecule has 112 valence electrons. The maximum atomic E-state index is 5.72. The zero-order valence-electron chi connectivity index (χ0n) is 13.4. The Balaban J connectivity index is 2.10. The Morgan fingerprint density at radius 1 is 0.952 bits per heavy atom. The van der Waals surface area contributed by atoms with E-state index >= 15 is 0 Å². The van der Waals surface area contributed by atoms with Crippen LogP contribution in [0.5, 0.6) is 5.75 Å². The summed E-state index contributed by atoms with van der Waals surface area (Å²) in [6.45, 7) is 9.21. The molecule has 2 aromatic carbocycles. The van der Waals surface area contributed by atoms with E-state index in [1.807, 2.05) is 19.1 Å². The van der Waals surface area contributed by atoms with E-state index in [1.165, 1.54) is 16.7 Å². The summed E-state index contributed by atoms with van der Waals surface area (Å²) in [6, 6.07) is 17.5. The van der Waals surface area contributed by atoms with Gasteiger partial charge in [-0.15, -0.1) is 0 Å². The molecule has 1 N–H and O–H groups in total. The van der Waals surface area contributed by atoms with Crippen molar-refractivity contribution in [3.63, 3.8) is 0 Å². The number of nitrogens with one attached hydrogen (secondary N) is 1. The highest BCUT2D eigenvalue weighted by Gasteiger charge is 2.14. The first kappa shape index (κ1) is 15.6. The van der Waals surface area contributed by atoms with Crippen molar-refractivity contribution in [1.82, 2.24) is 5.32 Å². The molecule has 1 unspecified atom stereocenters. The smallest absolute Gasteiger partial charge is 0.124 e. The summed E-state index contributed by atoms with van der Waals surface area (Å²) in [4.78, 5) is 0. The van der Waals surface area contributed by atoms with Gasteiger partial charge < -0.3 is 10.1 Å². The van der Waals surface area contributed by atoms with Gasteiger partial charge in [0.2, 0.25) is 0 Å². The van der Waals surface area contributed by atoms with Crippen LogP contribution in [-0.2, 0) is 0 Å². The molecule has 0 fully saturated rings. The van der Waals surface area contributed by atoms with Crippen molar-refractivity contribution in [3.05, 3.63) is 65.2 Å². The third-order valence-electron chi connectivity index (χ3n) is 3.76. The molecule has 0 heterocycles. The fourth-order valence-electron chi connectivity index (χ4n) is 2.54. The van der Waals surface area contributed by atoms with E-state index in [9.17, 15) is 0 Å². The Kier molecular flexibility index (Phi) is 5.40. The Bertz CT molecular complexity index is 562. The van der Waals surface area contributed by atoms with Crippen LogP contribution >= 0.6 is 0 Å². The second kappa shape index (κ2) is 7.28. The molecule has 0 bridgehead atoms. The molecule has 2 rings (SSSR count). The summed E-state index contributed by atoms with van der Waals surface area (Å²) in [7, 11) is 0. The lowest BCUT2D eigenvalue weighted by Crippen LogP contribution is -2.23. The van der Waals surface area contributed by atoms with Gasteiger partial charge in [-0.1, -0.05) is 48.0 Å². The molecule has 2 aromatic rings. The van der Waals surface area contributed by atoms with Crippen LogP contribution in [0.3, 0.4) is 0 Å². The second-order valence-corrected chi connectivity index (χ2v) is 5.49. The van der Waals surface area contributed by atoms with E-state index in [1.54, 1.807) is 0 Å². The van der Waals surface area contributed by atoms with E-state index in [4.69, 9.17) is 4.74 Å². The van der Waals surface area contributed by atoms with Gasteiger partial charge in [-0.25, -0.2) is 0 Å². The highest BCUT2D eigenvalue weighted by molar-refractivity contribution is 5.36. The zero-order valence-corrected chi connectivity index (χ0v) is 13.4. The van der Waals surface area contributed by atoms with Crippen LogP contribution in [0, 0.1) is 6.92 Å². The average molecular weight is 283 g/mol. The first-order chi connectivity index (χ1) is 10.1. The van der Waals surface area contributed by atoms with Crippen LogP contribution in [0.15, 0.2) is 48.5 Å². The second-order valence-electron chi connectivity index (χ2n) is 5.49. The normalized spacial score (nSPS) is 13.7. The van der Waals surface area contributed by atoms with Gasteiger partial charge in [0.05, 0.1) is 6.61 Å². The van der Waals surface area contributed by atoms with Crippen molar-refractivity contribution in [2.45, 2.75) is 39.8 Å². The zero-order chi connectivity index (χ0) is 15.2. The van der Waals surface area contributed by atoms with Gasteiger partial charge in [0.25, 0.3) is 0 Å². The van der Waals surface area contributed by atoms with Gasteiger partial charge in [0, 0.05) is 17.6 Å². The fourth-order valence-corrected chi connectivity index (χ4v) is 2.54. The summed E-state index contributed by atoms with van der Waals surface area (Å²) >= 11 is 0. The largest absolute Gasteiger partial charge is 0.494 e. The summed E-state index contributed by atoms with van der Waals surface area (Å²) in [6.07, 6.45) is 0. The topological polar surface area (TPSA) is 21.3 Å². The van der Waals surface area contributed by atoms with Crippen LogP contribution in [0.1, 0.15) is 49.5 Å². The molecule has 2 atom stereocenters. The van der Waals surface area contributed by atoms with Crippen LogP contribution in [0.25, 0.3) is 0 Å². The number of hydrogen-bond acceptors (Lipinski definition) is 2. The Hall–Kier alpha value is -1.80. The first-order valence-corrected chi connectivity index (χ1v) is 7.66. The van der Waals surface area contributed by atoms with Gasteiger partial charge in [-0.2, -0.15) is 0 Å². The van der Waals surface area contributed by atoms with Crippen LogP contribution in [0.4, 0.5) is 0 Å². The van der Waals surface area contributed by atoms with Gasteiger partial charge in [-0.3, -0.25) is 0 Å². The van der Waals surface area contributed by atoms with E-state index in [2.05, 4.69) is 62.5 Å². The van der Waals surface area contributed by atoms with Crippen LogP contribution in [-0.4, -0.2) is 6.61 Å². The molecule has 0 aliphatic rings. The van der Waals surface area contributed by atoms with Gasteiger partial charge in [0.15, 0.2) is 0 Å². The predicted octanol–water partition coefficient (Wildman–Crippen LogP) is 4.81. The van der Waals surface area contributed by atoms with Crippen LogP contribution in [0.2, 0.25) is 0 Å². The van der Waals surface area contributed by atoms with Gasteiger partial charge >= 0.3 is 0 Å². The van der Waals surface area contributed by atoms with Crippen molar-refractivity contribution < 1.29 is 4.74 Å². The molecule has 2 heteroatoms. The lowest BCUT2D eigenvalue weighted by molar-refractivity contribution is 0.331. The number of rotatable bonds is 6. The minimum absolute atomic E-state index is 0.240. The van der Waals surface area contributed by atoms with Crippen molar-refractivity contribution >= 4 is 0 Å². The number of hydrogen-bond donors (Lipinski definition) is 1. The fraction of sp³-hybridized carbons (Fsp3) is 0.368. The van der Waals surface area contributed by atoms with E-state index in [0.717, 1.165) is 5.75 Å². The van der Waals surface area contributed by atoms with Crippen LogP contribution < -0.4 is 10.1 Å².